The van der Waals surface area contributed by atoms with E-state index in [0.717, 1.165) is 0 Å². The Labute approximate surface area is 83.3 Å². The molecule has 1 unspecified atom stereocenters. The maximum absolute atomic E-state index is 11.2. The quantitative estimate of drug-likeness (QED) is 0.737. The Balaban J connectivity index is 2.49. The van der Waals surface area contributed by atoms with Gasteiger partial charge in [0.2, 0.25) is 0 Å². The summed E-state index contributed by atoms with van der Waals surface area (Å²) in [5.41, 5.74) is 0. The largest absolute Gasteiger partial charge is 0.464 e. The number of carbonyl (C=O) groups is 1. The second kappa shape index (κ2) is 5.21. The first kappa shape index (κ1) is 10.5. The highest BCUT2D eigenvalue weighted by Gasteiger charge is 2.13. The van der Waals surface area contributed by atoms with Gasteiger partial charge in [-0.15, -0.1) is 0 Å². The van der Waals surface area contributed by atoms with Crippen molar-refractivity contribution in [2.24, 2.45) is 0 Å². The van der Waals surface area contributed by atoms with Crippen molar-refractivity contribution in [3.63, 3.8) is 0 Å². The first-order chi connectivity index (χ1) is 6.74. The number of aromatic nitrogens is 1. The van der Waals surface area contributed by atoms with Crippen molar-refractivity contribution in [3.8, 4) is 0 Å². The van der Waals surface area contributed by atoms with Crippen LogP contribution in [0.1, 0.15) is 13.8 Å². The highest BCUT2D eigenvalue weighted by molar-refractivity contribution is 5.78. The topological polar surface area (TPSA) is 51.2 Å². The van der Waals surface area contributed by atoms with Crippen LogP contribution in [0.2, 0.25) is 0 Å². The van der Waals surface area contributed by atoms with Gasteiger partial charge in [-0.1, -0.05) is 6.07 Å². The van der Waals surface area contributed by atoms with Crippen LogP contribution in [0, 0.1) is 0 Å². The standard InChI is InChI=1S/C10H14N2O2/c1-3-14-10(13)8(2)12-9-6-4-5-7-11-9/h4-8H,3H2,1-2H3,(H,11,12). The Kier molecular flexibility index (Phi) is 3.91. The van der Waals surface area contributed by atoms with Gasteiger partial charge in [-0.25, -0.2) is 9.78 Å². The minimum absolute atomic E-state index is 0.266. The van der Waals surface area contributed by atoms with Gasteiger partial charge in [0.25, 0.3) is 0 Å². The maximum atomic E-state index is 11.2. The summed E-state index contributed by atoms with van der Waals surface area (Å²) in [5.74, 6) is 0.409. The van der Waals surface area contributed by atoms with Crippen molar-refractivity contribution >= 4 is 11.8 Å². The molecule has 76 valence electrons. The number of anilines is 1. The van der Waals surface area contributed by atoms with Crippen molar-refractivity contribution < 1.29 is 9.53 Å². The predicted octanol–water partition coefficient (Wildman–Crippen LogP) is 1.45. The monoisotopic (exact) mass is 194 g/mol. The molecule has 1 atom stereocenters. The number of pyridine rings is 1. The Morgan fingerprint density at radius 2 is 2.43 bits per heavy atom. The van der Waals surface area contributed by atoms with Crippen LogP contribution in [0.4, 0.5) is 5.82 Å². The molecule has 0 radical (unpaired) electrons. The normalized spacial score (nSPS) is 11.9. The third kappa shape index (κ3) is 3.05. The van der Waals surface area contributed by atoms with Crippen LogP contribution >= 0.6 is 0 Å². The van der Waals surface area contributed by atoms with Crippen LogP contribution in [0.3, 0.4) is 0 Å². The minimum Gasteiger partial charge on any atom is -0.464 e. The number of ether oxygens (including phenoxy) is 1. The third-order valence-electron chi connectivity index (χ3n) is 1.67. The van der Waals surface area contributed by atoms with E-state index in [-0.39, 0.29) is 12.0 Å². The number of rotatable bonds is 4. The lowest BCUT2D eigenvalue weighted by atomic mass is 10.3. The molecule has 4 nitrogen and oxygen atoms in total. The zero-order chi connectivity index (χ0) is 10.4. The molecule has 1 rings (SSSR count). The van der Waals surface area contributed by atoms with Crippen LogP contribution in [-0.4, -0.2) is 23.6 Å². The van der Waals surface area contributed by atoms with E-state index < -0.39 is 0 Å². The summed E-state index contributed by atoms with van der Waals surface area (Å²) in [7, 11) is 0. The van der Waals surface area contributed by atoms with Gasteiger partial charge >= 0.3 is 5.97 Å². The number of carbonyl (C=O) groups excluding carboxylic acids is 1. The molecule has 14 heavy (non-hydrogen) atoms. The summed E-state index contributed by atoms with van der Waals surface area (Å²) in [6, 6.07) is 5.10. The van der Waals surface area contributed by atoms with E-state index >= 15 is 0 Å². The second-order valence-corrected chi connectivity index (χ2v) is 2.83. The molecule has 0 spiro atoms. The van der Waals surface area contributed by atoms with E-state index in [4.69, 9.17) is 4.74 Å². The molecule has 0 saturated heterocycles. The molecule has 0 aliphatic carbocycles. The molecule has 1 heterocycles. The molecular weight excluding hydrogens is 180 g/mol. The number of nitrogens with zero attached hydrogens (tertiary/aromatic N) is 1. The fourth-order valence-electron chi connectivity index (χ4n) is 0.996. The Morgan fingerprint density at radius 1 is 1.64 bits per heavy atom. The predicted molar refractivity (Wildman–Crippen MR) is 54.0 cm³/mol. The molecule has 0 fully saturated rings. The maximum Gasteiger partial charge on any atom is 0.328 e. The number of hydrogen-bond acceptors (Lipinski definition) is 4. The van der Waals surface area contributed by atoms with Crippen LogP contribution in [-0.2, 0) is 9.53 Å². The van der Waals surface area contributed by atoms with Gasteiger partial charge < -0.3 is 10.1 Å². The molecule has 4 heteroatoms. The smallest absolute Gasteiger partial charge is 0.328 e. The average molecular weight is 194 g/mol. The van der Waals surface area contributed by atoms with Crippen molar-refractivity contribution in [1.82, 2.24) is 4.98 Å². The van der Waals surface area contributed by atoms with Crippen molar-refractivity contribution in [3.05, 3.63) is 24.4 Å². The molecule has 0 aliphatic heterocycles. The number of nitrogens with one attached hydrogen (secondary N) is 1. The summed E-state index contributed by atoms with van der Waals surface area (Å²) in [6.45, 7) is 3.92. The Bertz CT molecular complexity index is 287. The van der Waals surface area contributed by atoms with Gasteiger partial charge in [-0.3, -0.25) is 0 Å². The molecule has 0 amide bonds. The van der Waals surface area contributed by atoms with Crippen LogP contribution in [0.5, 0.6) is 0 Å². The van der Waals surface area contributed by atoms with Crippen LogP contribution in [0.15, 0.2) is 24.4 Å². The van der Waals surface area contributed by atoms with Gasteiger partial charge in [0, 0.05) is 6.20 Å². The first-order valence-corrected chi connectivity index (χ1v) is 4.58. The van der Waals surface area contributed by atoms with Crippen LogP contribution in [0.25, 0.3) is 0 Å². The number of esters is 1. The van der Waals surface area contributed by atoms with E-state index in [9.17, 15) is 4.79 Å². The molecule has 0 aromatic carbocycles. The summed E-state index contributed by atoms with van der Waals surface area (Å²) >= 11 is 0. The number of hydrogen-bond donors (Lipinski definition) is 1. The molecule has 0 aliphatic rings. The van der Waals surface area contributed by atoms with Crippen LogP contribution < -0.4 is 5.32 Å². The Hall–Kier alpha value is -1.58. The molecular formula is C10H14N2O2. The van der Waals surface area contributed by atoms with Crippen molar-refractivity contribution in [2.45, 2.75) is 19.9 Å². The summed E-state index contributed by atoms with van der Waals surface area (Å²) in [5, 5.41) is 2.94. The van der Waals surface area contributed by atoms with Gasteiger partial charge in [-0.2, -0.15) is 0 Å². The third-order valence-corrected chi connectivity index (χ3v) is 1.67. The van der Waals surface area contributed by atoms with Crippen molar-refractivity contribution in [2.75, 3.05) is 11.9 Å². The van der Waals surface area contributed by atoms with E-state index in [1.807, 2.05) is 12.1 Å². The lowest BCUT2D eigenvalue weighted by Crippen LogP contribution is -2.28. The molecule has 1 aromatic heterocycles. The molecule has 0 saturated carbocycles. The van der Waals surface area contributed by atoms with E-state index in [0.29, 0.717) is 12.4 Å². The lowest BCUT2D eigenvalue weighted by Gasteiger charge is -2.12. The zero-order valence-corrected chi connectivity index (χ0v) is 8.36. The first-order valence-electron chi connectivity index (χ1n) is 4.58. The lowest BCUT2D eigenvalue weighted by molar-refractivity contribution is -0.143. The highest BCUT2D eigenvalue weighted by Crippen LogP contribution is 2.03. The van der Waals surface area contributed by atoms with E-state index in [2.05, 4.69) is 10.3 Å². The fourth-order valence-corrected chi connectivity index (χ4v) is 0.996. The van der Waals surface area contributed by atoms with Crippen molar-refractivity contribution in [1.29, 1.82) is 0 Å². The summed E-state index contributed by atoms with van der Waals surface area (Å²) in [6.07, 6.45) is 1.67. The fraction of sp³-hybridized carbons (Fsp3) is 0.400. The highest BCUT2D eigenvalue weighted by atomic mass is 16.5. The second-order valence-electron chi connectivity index (χ2n) is 2.83. The molecule has 1 N–H and O–H groups in total. The average Bonchev–Trinajstić information content (AvgIpc) is 2.19. The summed E-state index contributed by atoms with van der Waals surface area (Å²) < 4.78 is 4.85. The zero-order valence-electron chi connectivity index (χ0n) is 8.36. The van der Waals surface area contributed by atoms with E-state index in [1.54, 1.807) is 26.1 Å². The minimum atomic E-state index is -0.371. The SMILES string of the molecule is CCOC(=O)C(C)Nc1ccccn1. The summed E-state index contributed by atoms with van der Waals surface area (Å²) in [4.78, 5) is 15.3. The molecule has 1 aromatic rings. The van der Waals surface area contributed by atoms with Gasteiger partial charge in [-0.05, 0) is 26.0 Å². The van der Waals surface area contributed by atoms with Gasteiger partial charge in [0.1, 0.15) is 11.9 Å². The Morgan fingerprint density at radius 3 is 3.00 bits per heavy atom. The van der Waals surface area contributed by atoms with Gasteiger partial charge in [0.15, 0.2) is 0 Å². The molecule has 0 bridgehead atoms. The van der Waals surface area contributed by atoms with E-state index in [1.165, 1.54) is 0 Å². The van der Waals surface area contributed by atoms with Gasteiger partial charge in [0.05, 0.1) is 6.61 Å².